The number of rotatable bonds is 8. The summed E-state index contributed by atoms with van der Waals surface area (Å²) in [5, 5.41) is 7.04. The highest BCUT2D eigenvalue weighted by Gasteiger charge is 2.61. The molecule has 0 saturated heterocycles. The van der Waals surface area contributed by atoms with Crippen molar-refractivity contribution in [2.45, 2.75) is 43.5 Å². The van der Waals surface area contributed by atoms with Crippen molar-refractivity contribution in [3.05, 3.63) is 0 Å². The van der Waals surface area contributed by atoms with Gasteiger partial charge < -0.3 is 14.2 Å². The first-order valence-corrected chi connectivity index (χ1v) is 8.96. The fourth-order valence-corrected chi connectivity index (χ4v) is 5.20. The van der Waals surface area contributed by atoms with Gasteiger partial charge in [0.25, 0.3) is 0 Å². The molecule has 11 heteroatoms. The summed E-state index contributed by atoms with van der Waals surface area (Å²) in [6.07, 6.45) is 2.36. The van der Waals surface area contributed by atoms with E-state index in [1.807, 2.05) is 0 Å². The zero-order valence-electron chi connectivity index (χ0n) is 14.0. The van der Waals surface area contributed by atoms with Gasteiger partial charge in [0.15, 0.2) is 6.79 Å². The van der Waals surface area contributed by atoms with Gasteiger partial charge in [-0.3, -0.25) is 4.79 Å². The summed E-state index contributed by atoms with van der Waals surface area (Å²) in [4.78, 5) is 24.3. The van der Waals surface area contributed by atoms with Crippen LogP contribution in [-0.4, -0.2) is 42.5 Å². The molecule has 4 rings (SSSR count). The highest BCUT2D eigenvalue weighted by molar-refractivity contribution is 7.96. The first kappa shape index (κ1) is 19.7. The van der Waals surface area contributed by atoms with Crippen molar-refractivity contribution in [2.24, 2.45) is 23.2 Å². The van der Waals surface area contributed by atoms with Crippen molar-refractivity contribution in [2.75, 3.05) is 13.9 Å². The molecule has 2 atom stereocenters. The molecule has 1 N–H and O–H groups in total. The van der Waals surface area contributed by atoms with Crippen LogP contribution in [0.2, 0.25) is 0 Å². The summed E-state index contributed by atoms with van der Waals surface area (Å²) < 4.78 is 46.0. The molecule has 4 fully saturated rings. The van der Waals surface area contributed by atoms with Crippen molar-refractivity contribution < 1.29 is 47.2 Å². The van der Waals surface area contributed by atoms with Crippen LogP contribution in [0.3, 0.4) is 0 Å². The predicted octanol–water partition coefficient (Wildman–Crippen LogP) is 2.53. The third-order valence-electron chi connectivity index (χ3n) is 5.58. The van der Waals surface area contributed by atoms with E-state index in [4.69, 9.17) is 19.5 Å². The monoisotopic (exact) mass is 398 g/mol. The molecule has 4 saturated carbocycles. The van der Waals surface area contributed by atoms with Gasteiger partial charge in [-0.15, -0.1) is 4.33 Å². The first-order valence-electron chi connectivity index (χ1n) is 8.22. The predicted molar refractivity (Wildman–Crippen MR) is 81.2 cm³/mol. The summed E-state index contributed by atoms with van der Waals surface area (Å²) in [7, 11) is 1.42. The summed E-state index contributed by atoms with van der Waals surface area (Å²) in [6, 6.07) is 0. The quantitative estimate of drug-likeness (QED) is 0.217. The van der Waals surface area contributed by atoms with Crippen LogP contribution in [0.5, 0.6) is 0 Å². The maximum Gasteiger partial charge on any atom is 0.415 e. The largest absolute Gasteiger partial charge is 0.457 e. The second-order valence-corrected chi connectivity index (χ2v) is 8.02. The fourth-order valence-electron chi connectivity index (χ4n) is 4.97. The van der Waals surface area contributed by atoms with E-state index in [1.54, 1.807) is 0 Å². The Bertz CT molecular complexity index is 544. The van der Waals surface area contributed by atoms with Gasteiger partial charge >= 0.3 is 17.2 Å². The Morgan fingerprint density at radius 2 is 1.88 bits per heavy atom. The number of methoxy groups -OCH3 is 1. The van der Waals surface area contributed by atoms with Crippen molar-refractivity contribution in [3.8, 4) is 0 Å². The van der Waals surface area contributed by atoms with Crippen LogP contribution in [0, 0.1) is 23.2 Å². The summed E-state index contributed by atoms with van der Waals surface area (Å²) >= 11 is -0.642. The third kappa shape index (κ3) is 3.68. The number of carbonyl (C=O) groups excluding carboxylic acids is 2. The molecule has 2 unspecified atom stereocenters. The van der Waals surface area contributed by atoms with E-state index in [2.05, 4.69) is 9.37 Å². The minimum absolute atomic E-state index is 0.130. The van der Waals surface area contributed by atoms with Crippen molar-refractivity contribution in [1.29, 1.82) is 0 Å². The second-order valence-electron chi connectivity index (χ2n) is 7.20. The number of hydrogen-bond donors (Lipinski definition) is 1. The lowest BCUT2D eigenvalue weighted by Gasteiger charge is -2.57. The number of ether oxygens (including phenoxy) is 3. The van der Waals surface area contributed by atoms with Crippen LogP contribution >= 0.6 is 12.0 Å². The van der Waals surface area contributed by atoms with E-state index >= 15 is 0 Å². The minimum Gasteiger partial charge on any atom is -0.457 e. The van der Waals surface area contributed by atoms with Crippen molar-refractivity contribution in [1.82, 2.24) is 0 Å². The molecule has 0 aromatic heterocycles. The van der Waals surface area contributed by atoms with Crippen LogP contribution in [0.15, 0.2) is 0 Å². The summed E-state index contributed by atoms with van der Waals surface area (Å²) in [6.45, 7) is -0.130. The third-order valence-corrected chi connectivity index (χ3v) is 6.08. The lowest BCUT2D eigenvalue weighted by atomic mass is 9.48. The minimum atomic E-state index is -4.02. The van der Waals surface area contributed by atoms with Gasteiger partial charge in [-0.1, -0.05) is 5.04 Å². The zero-order chi connectivity index (χ0) is 18.9. The van der Waals surface area contributed by atoms with E-state index in [0.29, 0.717) is 25.2 Å². The molecule has 0 radical (unpaired) electrons. The lowest BCUT2D eigenvalue weighted by Crippen LogP contribution is -2.58. The molecule has 0 spiro atoms. The van der Waals surface area contributed by atoms with E-state index in [-0.39, 0.29) is 24.6 Å². The average molecular weight is 398 g/mol. The molecule has 0 heterocycles. The number of esters is 2. The Kier molecular flexibility index (Phi) is 5.73. The zero-order valence-corrected chi connectivity index (χ0v) is 14.8. The SMILES string of the molecule is COCOC(=O)C12CC3CC(C1)C(OC(=O)C(F)(F)SOOO)C(C3)C2. The van der Waals surface area contributed by atoms with Crippen molar-refractivity contribution >= 4 is 24.0 Å². The number of hydrogen-bond acceptors (Lipinski definition) is 9. The molecule has 0 aromatic carbocycles. The van der Waals surface area contributed by atoms with Gasteiger partial charge in [0, 0.05) is 7.11 Å². The molecule has 4 aliphatic carbocycles. The molecule has 26 heavy (non-hydrogen) atoms. The lowest BCUT2D eigenvalue weighted by molar-refractivity contribution is -0.433. The molecule has 0 aromatic rings. The van der Waals surface area contributed by atoms with Crippen LogP contribution in [0.1, 0.15) is 32.1 Å². The molecular formula is C15H20F2O8S. The van der Waals surface area contributed by atoms with Gasteiger partial charge in [0.2, 0.25) is 0 Å². The number of alkyl halides is 2. The summed E-state index contributed by atoms with van der Waals surface area (Å²) in [5.74, 6) is -2.14. The molecule has 4 aliphatic rings. The average Bonchev–Trinajstić information content (AvgIpc) is 2.60. The van der Waals surface area contributed by atoms with Crippen LogP contribution in [0.4, 0.5) is 8.78 Å². The first-order chi connectivity index (χ1) is 12.3. The van der Waals surface area contributed by atoms with Crippen LogP contribution in [0.25, 0.3) is 0 Å². The van der Waals surface area contributed by atoms with Gasteiger partial charge in [0.05, 0.1) is 5.41 Å². The topological polar surface area (TPSA) is 101 Å². The van der Waals surface area contributed by atoms with Crippen LogP contribution < -0.4 is 0 Å². The van der Waals surface area contributed by atoms with Crippen LogP contribution in [-0.2, 0) is 33.2 Å². The molecule has 8 nitrogen and oxygen atoms in total. The fraction of sp³-hybridized carbons (Fsp3) is 0.867. The molecule has 0 amide bonds. The Morgan fingerprint density at radius 3 is 2.46 bits per heavy atom. The highest BCUT2D eigenvalue weighted by Crippen LogP contribution is 2.61. The highest BCUT2D eigenvalue weighted by atomic mass is 32.2. The molecule has 148 valence electrons. The van der Waals surface area contributed by atoms with Crippen molar-refractivity contribution in [3.63, 3.8) is 0 Å². The smallest absolute Gasteiger partial charge is 0.415 e. The standard InChI is InChI=1S/C15H20F2O8S/c1-21-7-22-12(18)14-4-8-2-9(5-14)11(10(3-8)6-14)23-13(19)15(16,17)26-25-24-20/h8-11,20H,2-7H2,1H3. The van der Waals surface area contributed by atoms with Gasteiger partial charge in [-0.2, -0.15) is 8.78 Å². The van der Waals surface area contributed by atoms with Gasteiger partial charge in [-0.05, 0) is 49.9 Å². The number of carbonyl (C=O) groups is 2. The van der Waals surface area contributed by atoms with E-state index in [1.165, 1.54) is 7.11 Å². The normalized spacial score (nSPS) is 35.4. The Balaban J connectivity index is 1.67. The maximum absolute atomic E-state index is 13.6. The molecule has 4 bridgehead atoms. The Morgan fingerprint density at radius 1 is 1.23 bits per heavy atom. The van der Waals surface area contributed by atoms with Gasteiger partial charge in [-0.25, -0.2) is 10.1 Å². The van der Waals surface area contributed by atoms with E-state index in [9.17, 15) is 18.4 Å². The Labute approximate surface area is 152 Å². The van der Waals surface area contributed by atoms with Gasteiger partial charge in [0.1, 0.15) is 18.1 Å². The second kappa shape index (κ2) is 7.55. The Hall–Kier alpha value is -1.01. The number of halogens is 2. The maximum atomic E-state index is 13.6. The molecular weight excluding hydrogens is 378 g/mol. The van der Waals surface area contributed by atoms with E-state index < -0.39 is 34.8 Å². The van der Waals surface area contributed by atoms with E-state index in [0.717, 1.165) is 12.8 Å². The molecule has 0 aliphatic heterocycles. The summed E-state index contributed by atoms with van der Waals surface area (Å²) in [5.41, 5.74) is -0.650.